The molecule has 3 rings (SSSR count). The minimum atomic E-state index is -3.54. The lowest BCUT2D eigenvalue weighted by Gasteiger charge is -2.26. The van der Waals surface area contributed by atoms with Gasteiger partial charge in [0, 0.05) is 18.8 Å². The standard InChI is InChI=1S/C15H18Cl2N2O4S/c1-14(10-15(14,16)17)13(20)18-11-2-4-12(5-3-11)24(21,22)19-6-8-23-9-7-19/h2-5H,6-10H2,1H3,(H,18,20). The molecule has 132 valence electrons. The van der Waals surface area contributed by atoms with Gasteiger partial charge < -0.3 is 10.1 Å². The predicted octanol–water partition coefficient (Wildman–Crippen LogP) is 2.23. The number of hydrogen-bond donors (Lipinski definition) is 1. The molecule has 1 saturated carbocycles. The molecule has 0 bridgehead atoms. The van der Waals surface area contributed by atoms with Crippen molar-refractivity contribution < 1.29 is 17.9 Å². The summed E-state index contributed by atoms with van der Waals surface area (Å²) in [5.41, 5.74) is -0.326. The molecule has 1 unspecified atom stereocenters. The monoisotopic (exact) mass is 392 g/mol. The fraction of sp³-hybridized carbons (Fsp3) is 0.533. The molecule has 6 nitrogen and oxygen atoms in total. The number of benzene rings is 1. The van der Waals surface area contributed by atoms with E-state index in [0.717, 1.165) is 0 Å². The molecular weight excluding hydrogens is 375 g/mol. The molecule has 1 amide bonds. The van der Waals surface area contributed by atoms with Crippen LogP contribution in [0.15, 0.2) is 29.2 Å². The first kappa shape index (κ1) is 17.9. The summed E-state index contributed by atoms with van der Waals surface area (Å²) in [6, 6.07) is 6.07. The third kappa shape index (κ3) is 3.15. The summed E-state index contributed by atoms with van der Waals surface area (Å²) in [5.74, 6) is -0.281. The maximum atomic E-state index is 12.5. The Kier molecular flexibility index (Phi) is 4.59. The maximum absolute atomic E-state index is 12.5. The Bertz CT molecular complexity index is 745. The molecule has 1 heterocycles. The van der Waals surface area contributed by atoms with Crippen LogP contribution < -0.4 is 5.32 Å². The molecule has 9 heteroatoms. The highest BCUT2D eigenvalue weighted by Gasteiger charge is 2.67. The number of nitrogens with one attached hydrogen (secondary N) is 1. The maximum Gasteiger partial charge on any atom is 0.243 e. The van der Waals surface area contributed by atoms with Gasteiger partial charge >= 0.3 is 0 Å². The number of alkyl halides is 2. The van der Waals surface area contributed by atoms with Gasteiger partial charge in [-0.1, -0.05) is 0 Å². The molecular formula is C15H18Cl2N2O4S. The zero-order chi connectivity index (χ0) is 17.6. The first-order valence-electron chi connectivity index (χ1n) is 7.54. The molecule has 24 heavy (non-hydrogen) atoms. The van der Waals surface area contributed by atoms with Crippen molar-refractivity contribution in [2.75, 3.05) is 31.6 Å². The molecule has 1 aromatic rings. The number of morpholine rings is 1. The minimum absolute atomic E-state index is 0.184. The van der Waals surface area contributed by atoms with Gasteiger partial charge in [-0.2, -0.15) is 4.31 Å². The molecule has 1 aromatic carbocycles. The van der Waals surface area contributed by atoms with Gasteiger partial charge in [0.2, 0.25) is 15.9 Å². The number of sulfonamides is 1. The number of rotatable bonds is 4. The summed E-state index contributed by atoms with van der Waals surface area (Å²) >= 11 is 12.0. The van der Waals surface area contributed by atoms with Crippen molar-refractivity contribution in [3.8, 4) is 0 Å². The molecule has 1 aliphatic carbocycles. The zero-order valence-corrected chi connectivity index (χ0v) is 15.4. The fourth-order valence-electron chi connectivity index (χ4n) is 2.56. The molecule has 0 aromatic heterocycles. The third-order valence-corrected chi connectivity index (χ3v) is 7.49. The molecule has 0 radical (unpaired) electrons. The van der Waals surface area contributed by atoms with Gasteiger partial charge in [0.15, 0.2) is 0 Å². The molecule has 1 N–H and O–H groups in total. The predicted molar refractivity (Wildman–Crippen MR) is 91.8 cm³/mol. The molecule has 1 aliphatic heterocycles. The fourth-order valence-corrected chi connectivity index (χ4v) is 4.68. The van der Waals surface area contributed by atoms with E-state index in [1.54, 1.807) is 19.1 Å². The lowest BCUT2D eigenvalue weighted by Crippen LogP contribution is -2.40. The van der Waals surface area contributed by atoms with Crippen LogP contribution in [0.4, 0.5) is 5.69 Å². The summed E-state index contributed by atoms with van der Waals surface area (Å²) in [6.07, 6.45) is 0.387. The highest BCUT2D eigenvalue weighted by molar-refractivity contribution is 7.89. The van der Waals surface area contributed by atoms with Gasteiger partial charge in [-0.25, -0.2) is 8.42 Å². The molecule has 2 aliphatic rings. The lowest BCUT2D eigenvalue weighted by molar-refractivity contribution is -0.120. The van der Waals surface area contributed by atoms with E-state index in [4.69, 9.17) is 27.9 Å². The SMILES string of the molecule is CC1(C(=O)Nc2ccc(S(=O)(=O)N3CCOCC3)cc2)CC1(Cl)Cl. The Balaban J connectivity index is 1.71. The van der Waals surface area contributed by atoms with Gasteiger partial charge in [-0.05, 0) is 37.6 Å². The topological polar surface area (TPSA) is 75.7 Å². The van der Waals surface area contributed by atoms with E-state index in [0.29, 0.717) is 38.4 Å². The number of anilines is 1. The Morgan fingerprint density at radius 1 is 1.21 bits per heavy atom. The van der Waals surface area contributed by atoms with Crippen LogP contribution in [-0.2, 0) is 19.6 Å². The second-order valence-corrected chi connectivity index (χ2v) is 9.63. The third-order valence-electron chi connectivity index (χ3n) is 4.48. The second kappa shape index (κ2) is 6.14. The lowest BCUT2D eigenvalue weighted by atomic mass is 10.1. The van der Waals surface area contributed by atoms with E-state index in [1.807, 2.05) is 0 Å². The Hall–Kier alpha value is -0.860. The van der Waals surface area contributed by atoms with Gasteiger partial charge in [0.25, 0.3) is 0 Å². The number of ether oxygens (including phenoxy) is 1. The number of amides is 1. The van der Waals surface area contributed by atoms with Crippen molar-refractivity contribution in [1.82, 2.24) is 4.31 Å². The number of hydrogen-bond acceptors (Lipinski definition) is 4. The molecule has 2 fully saturated rings. The Morgan fingerprint density at radius 3 is 2.25 bits per heavy atom. The molecule has 1 atom stereocenters. The summed E-state index contributed by atoms with van der Waals surface area (Å²) in [5, 5.41) is 2.72. The number of carbonyl (C=O) groups excluding carboxylic acids is 1. The van der Waals surface area contributed by atoms with Crippen LogP contribution in [0.1, 0.15) is 13.3 Å². The minimum Gasteiger partial charge on any atom is -0.379 e. The Labute approximate surface area is 151 Å². The summed E-state index contributed by atoms with van der Waals surface area (Å²) in [4.78, 5) is 12.4. The second-order valence-electron chi connectivity index (χ2n) is 6.21. The van der Waals surface area contributed by atoms with Crippen LogP contribution in [0.3, 0.4) is 0 Å². The van der Waals surface area contributed by atoms with Crippen molar-refractivity contribution in [3.05, 3.63) is 24.3 Å². The Morgan fingerprint density at radius 2 is 1.75 bits per heavy atom. The van der Waals surface area contributed by atoms with Crippen LogP contribution >= 0.6 is 23.2 Å². The first-order chi connectivity index (χ1) is 11.2. The first-order valence-corrected chi connectivity index (χ1v) is 9.74. The number of carbonyl (C=O) groups is 1. The van der Waals surface area contributed by atoms with E-state index in [9.17, 15) is 13.2 Å². The average Bonchev–Trinajstić information content (AvgIpc) is 3.08. The van der Waals surface area contributed by atoms with Crippen molar-refractivity contribution >= 4 is 44.8 Å². The van der Waals surface area contributed by atoms with Gasteiger partial charge in [0.1, 0.15) is 4.33 Å². The van der Waals surface area contributed by atoms with Gasteiger partial charge in [-0.3, -0.25) is 4.79 Å². The van der Waals surface area contributed by atoms with Crippen LogP contribution in [0, 0.1) is 5.41 Å². The smallest absolute Gasteiger partial charge is 0.243 e. The van der Waals surface area contributed by atoms with Crippen LogP contribution in [0.5, 0.6) is 0 Å². The van der Waals surface area contributed by atoms with Crippen LogP contribution in [0.25, 0.3) is 0 Å². The van der Waals surface area contributed by atoms with Crippen molar-refractivity contribution in [3.63, 3.8) is 0 Å². The number of nitrogens with zero attached hydrogens (tertiary/aromatic N) is 1. The van der Waals surface area contributed by atoms with Gasteiger partial charge in [-0.15, -0.1) is 23.2 Å². The number of halogens is 2. The average molecular weight is 393 g/mol. The van der Waals surface area contributed by atoms with Crippen molar-refractivity contribution in [2.45, 2.75) is 22.6 Å². The van der Waals surface area contributed by atoms with Crippen molar-refractivity contribution in [1.29, 1.82) is 0 Å². The van der Waals surface area contributed by atoms with Crippen LogP contribution in [0.2, 0.25) is 0 Å². The summed E-state index contributed by atoms with van der Waals surface area (Å²) in [7, 11) is -3.54. The molecule has 1 saturated heterocycles. The largest absolute Gasteiger partial charge is 0.379 e. The van der Waals surface area contributed by atoms with Crippen molar-refractivity contribution in [2.24, 2.45) is 5.41 Å². The van der Waals surface area contributed by atoms with E-state index >= 15 is 0 Å². The highest BCUT2D eigenvalue weighted by Crippen LogP contribution is 2.64. The van der Waals surface area contributed by atoms with E-state index in [2.05, 4.69) is 5.32 Å². The molecule has 0 spiro atoms. The quantitative estimate of drug-likeness (QED) is 0.797. The zero-order valence-electron chi connectivity index (χ0n) is 13.1. The van der Waals surface area contributed by atoms with Gasteiger partial charge in [0.05, 0.1) is 23.5 Å². The van der Waals surface area contributed by atoms with E-state index < -0.39 is 19.8 Å². The summed E-state index contributed by atoms with van der Waals surface area (Å²) in [6.45, 7) is 3.16. The summed E-state index contributed by atoms with van der Waals surface area (Å²) < 4.78 is 30.6. The van der Waals surface area contributed by atoms with E-state index in [1.165, 1.54) is 16.4 Å². The normalized spacial score (nSPS) is 26.8. The highest BCUT2D eigenvalue weighted by atomic mass is 35.5. The van der Waals surface area contributed by atoms with E-state index in [-0.39, 0.29) is 10.8 Å². The van der Waals surface area contributed by atoms with Crippen LogP contribution in [-0.4, -0.2) is 49.3 Å².